The van der Waals surface area contributed by atoms with Gasteiger partial charge in [0.1, 0.15) is 18.5 Å². The van der Waals surface area contributed by atoms with E-state index in [4.69, 9.17) is 4.84 Å². The van der Waals surface area contributed by atoms with Crippen molar-refractivity contribution in [3.05, 3.63) is 29.8 Å². The number of aliphatic hydroxyl groups excluding tert-OH is 1. The normalized spacial score (nSPS) is 14.2. The first-order chi connectivity index (χ1) is 9.29. The Bertz CT molecular complexity index is 453. The first kappa shape index (κ1) is 16.5. The van der Waals surface area contributed by atoms with Crippen molar-refractivity contribution < 1.29 is 15.1 Å². The van der Waals surface area contributed by atoms with Crippen LogP contribution in [0.2, 0.25) is 0 Å². The second-order valence-corrected chi connectivity index (χ2v) is 5.77. The summed E-state index contributed by atoms with van der Waals surface area (Å²) < 4.78 is 0. The van der Waals surface area contributed by atoms with Crippen molar-refractivity contribution in [2.24, 2.45) is 5.16 Å². The number of phenolic OH excluding ortho intramolecular Hbond substituents is 1. The van der Waals surface area contributed by atoms with Crippen LogP contribution in [-0.2, 0) is 4.84 Å². The minimum Gasteiger partial charge on any atom is -0.507 e. The highest BCUT2D eigenvalue weighted by atomic mass is 16.6. The fraction of sp³-hybridized carbons (Fsp3) is 0.533. The van der Waals surface area contributed by atoms with Crippen molar-refractivity contribution in [2.75, 3.05) is 13.2 Å². The van der Waals surface area contributed by atoms with Crippen molar-refractivity contribution in [1.82, 2.24) is 5.32 Å². The molecule has 5 heteroatoms. The van der Waals surface area contributed by atoms with Gasteiger partial charge in [0.05, 0.1) is 5.71 Å². The van der Waals surface area contributed by atoms with E-state index < -0.39 is 6.10 Å². The summed E-state index contributed by atoms with van der Waals surface area (Å²) in [6.07, 6.45) is -0.629. The Kier molecular flexibility index (Phi) is 5.98. The Morgan fingerprint density at radius 1 is 1.35 bits per heavy atom. The first-order valence-corrected chi connectivity index (χ1v) is 6.67. The number of hydrogen-bond donors (Lipinski definition) is 3. The Balaban J connectivity index is 2.43. The van der Waals surface area contributed by atoms with E-state index in [1.807, 2.05) is 26.8 Å². The minimum absolute atomic E-state index is 0.0456. The lowest BCUT2D eigenvalue weighted by Crippen LogP contribution is -2.42. The van der Waals surface area contributed by atoms with E-state index in [-0.39, 0.29) is 17.9 Å². The molecule has 0 radical (unpaired) electrons. The summed E-state index contributed by atoms with van der Waals surface area (Å²) in [4.78, 5) is 5.12. The van der Waals surface area contributed by atoms with Gasteiger partial charge in [-0.1, -0.05) is 17.3 Å². The molecule has 3 N–H and O–H groups in total. The molecule has 0 fully saturated rings. The summed E-state index contributed by atoms with van der Waals surface area (Å²) in [5.74, 6) is 0.160. The lowest BCUT2D eigenvalue weighted by Gasteiger charge is -2.22. The van der Waals surface area contributed by atoms with Gasteiger partial charge in [-0.25, -0.2) is 0 Å². The van der Waals surface area contributed by atoms with Gasteiger partial charge in [0.2, 0.25) is 0 Å². The molecule has 1 atom stereocenters. The lowest BCUT2D eigenvalue weighted by molar-refractivity contribution is 0.0372. The summed E-state index contributed by atoms with van der Waals surface area (Å²) in [5.41, 5.74) is 1.14. The zero-order valence-corrected chi connectivity index (χ0v) is 12.6. The van der Waals surface area contributed by atoms with Crippen LogP contribution in [0.25, 0.3) is 0 Å². The maximum Gasteiger partial charge on any atom is 0.144 e. The Morgan fingerprint density at radius 2 is 2.00 bits per heavy atom. The second-order valence-electron chi connectivity index (χ2n) is 5.77. The highest BCUT2D eigenvalue weighted by Gasteiger charge is 2.12. The standard InChI is InChI=1S/C15H24N2O3/c1-11(13-7-5-6-8-14(13)19)17-20-10-12(18)9-16-15(2,3)4/h5-8,12,16,18-19H,9-10H2,1-4H3/b17-11+. The minimum atomic E-state index is -0.629. The van der Waals surface area contributed by atoms with Gasteiger partial charge in [0, 0.05) is 17.6 Å². The van der Waals surface area contributed by atoms with Gasteiger partial charge in [-0.05, 0) is 39.8 Å². The predicted octanol–water partition coefficient (Wildman–Crippen LogP) is 1.88. The first-order valence-electron chi connectivity index (χ1n) is 6.67. The van der Waals surface area contributed by atoms with Crippen LogP contribution in [0.15, 0.2) is 29.4 Å². The largest absolute Gasteiger partial charge is 0.507 e. The molecular weight excluding hydrogens is 256 g/mol. The van der Waals surface area contributed by atoms with Gasteiger partial charge in [0.15, 0.2) is 0 Å². The van der Waals surface area contributed by atoms with Crippen LogP contribution < -0.4 is 5.32 Å². The number of nitrogens with one attached hydrogen (secondary N) is 1. The molecule has 1 aromatic carbocycles. The molecule has 20 heavy (non-hydrogen) atoms. The smallest absolute Gasteiger partial charge is 0.144 e. The van der Waals surface area contributed by atoms with Crippen LogP contribution in [0.3, 0.4) is 0 Å². The number of aromatic hydroxyl groups is 1. The van der Waals surface area contributed by atoms with E-state index in [1.165, 1.54) is 0 Å². The Hall–Kier alpha value is -1.59. The molecule has 0 spiro atoms. The summed E-state index contributed by atoms with van der Waals surface area (Å²) in [6, 6.07) is 6.91. The summed E-state index contributed by atoms with van der Waals surface area (Å²) in [7, 11) is 0. The van der Waals surface area contributed by atoms with Crippen molar-refractivity contribution in [3.63, 3.8) is 0 Å². The molecule has 1 aromatic rings. The van der Waals surface area contributed by atoms with E-state index in [0.29, 0.717) is 17.8 Å². The molecule has 0 saturated heterocycles. The van der Waals surface area contributed by atoms with Crippen LogP contribution in [0.5, 0.6) is 5.75 Å². The fourth-order valence-electron chi connectivity index (χ4n) is 1.53. The number of para-hydroxylation sites is 1. The van der Waals surface area contributed by atoms with Crippen LogP contribution in [0.4, 0.5) is 0 Å². The zero-order valence-electron chi connectivity index (χ0n) is 12.6. The Morgan fingerprint density at radius 3 is 2.60 bits per heavy atom. The van der Waals surface area contributed by atoms with E-state index >= 15 is 0 Å². The number of nitrogens with zero attached hydrogens (tertiary/aromatic N) is 1. The number of phenols is 1. The Labute approximate surface area is 120 Å². The molecule has 0 amide bonds. The van der Waals surface area contributed by atoms with E-state index in [9.17, 15) is 10.2 Å². The van der Waals surface area contributed by atoms with Gasteiger partial charge in [-0.15, -0.1) is 0 Å². The fourth-order valence-corrected chi connectivity index (χ4v) is 1.53. The quantitative estimate of drug-likeness (QED) is 0.549. The van der Waals surface area contributed by atoms with Crippen molar-refractivity contribution in [1.29, 1.82) is 0 Å². The third-order valence-corrected chi connectivity index (χ3v) is 2.63. The van der Waals surface area contributed by atoms with E-state index in [0.717, 1.165) is 0 Å². The van der Waals surface area contributed by atoms with Crippen LogP contribution >= 0.6 is 0 Å². The number of rotatable bonds is 6. The SMILES string of the molecule is C/C(=N\OCC(O)CNC(C)(C)C)c1ccccc1O. The monoisotopic (exact) mass is 280 g/mol. The number of benzene rings is 1. The number of oxime groups is 1. The van der Waals surface area contributed by atoms with Gasteiger partial charge in [0.25, 0.3) is 0 Å². The van der Waals surface area contributed by atoms with Gasteiger partial charge in [-0.3, -0.25) is 0 Å². The molecular formula is C15H24N2O3. The number of β-amino-alcohol motifs (C(OH)–C–C–N with tert-alkyl or cyclic N) is 1. The summed E-state index contributed by atoms with van der Waals surface area (Å²) in [5, 5.41) is 26.5. The molecule has 0 saturated carbocycles. The lowest BCUT2D eigenvalue weighted by atomic mass is 10.1. The van der Waals surface area contributed by atoms with Gasteiger partial charge >= 0.3 is 0 Å². The highest BCUT2D eigenvalue weighted by Crippen LogP contribution is 2.16. The average molecular weight is 280 g/mol. The number of hydrogen-bond acceptors (Lipinski definition) is 5. The third-order valence-electron chi connectivity index (χ3n) is 2.63. The van der Waals surface area contributed by atoms with Gasteiger partial charge < -0.3 is 20.4 Å². The van der Waals surface area contributed by atoms with Crippen LogP contribution in [0.1, 0.15) is 33.3 Å². The van der Waals surface area contributed by atoms with Gasteiger partial charge in [-0.2, -0.15) is 0 Å². The maximum atomic E-state index is 9.74. The summed E-state index contributed by atoms with van der Waals surface area (Å²) in [6.45, 7) is 8.38. The molecule has 0 bridgehead atoms. The molecule has 0 aliphatic heterocycles. The second kappa shape index (κ2) is 7.26. The maximum absolute atomic E-state index is 9.74. The third kappa shape index (κ3) is 6.04. The van der Waals surface area contributed by atoms with E-state index in [2.05, 4.69) is 10.5 Å². The van der Waals surface area contributed by atoms with Crippen molar-refractivity contribution in [3.8, 4) is 5.75 Å². The van der Waals surface area contributed by atoms with E-state index in [1.54, 1.807) is 25.1 Å². The molecule has 1 rings (SSSR count). The zero-order chi connectivity index (χ0) is 15.2. The molecule has 0 aliphatic rings. The molecule has 0 aliphatic carbocycles. The van der Waals surface area contributed by atoms with Crippen LogP contribution in [0, 0.1) is 0 Å². The molecule has 0 aromatic heterocycles. The molecule has 5 nitrogen and oxygen atoms in total. The van der Waals surface area contributed by atoms with Crippen molar-refractivity contribution in [2.45, 2.75) is 39.3 Å². The molecule has 1 unspecified atom stereocenters. The predicted molar refractivity (Wildman–Crippen MR) is 80.0 cm³/mol. The van der Waals surface area contributed by atoms with Crippen molar-refractivity contribution >= 4 is 5.71 Å². The summed E-state index contributed by atoms with van der Waals surface area (Å²) >= 11 is 0. The topological polar surface area (TPSA) is 74.1 Å². The van der Waals surface area contributed by atoms with Crippen LogP contribution in [-0.4, -0.2) is 40.7 Å². The molecule has 112 valence electrons. The number of aliphatic hydroxyl groups is 1. The average Bonchev–Trinajstić information content (AvgIpc) is 2.36. The highest BCUT2D eigenvalue weighted by molar-refractivity contribution is 6.00. The molecule has 0 heterocycles.